The van der Waals surface area contributed by atoms with Gasteiger partial charge in [0, 0.05) is 12.2 Å². The lowest BCUT2D eigenvalue weighted by Crippen LogP contribution is -2.14. The molecule has 1 aromatic carbocycles. The number of hydrogen-bond donors (Lipinski definition) is 1. The Morgan fingerprint density at radius 1 is 1.06 bits per heavy atom. The van der Waals surface area contributed by atoms with Gasteiger partial charge in [-0.2, -0.15) is 0 Å². The number of anilines is 1. The van der Waals surface area contributed by atoms with Gasteiger partial charge in [0.05, 0.1) is 0 Å². The van der Waals surface area contributed by atoms with E-state index >= 15 is 0 Å². The molecule has 1 saturated carbocycles. The Kier molecular flexibility index (Phi) is 4.26. The van der Waals surface area contributed by atoms with Crippen LogP contribution in [0.3, 0.4) is 0 Å². The quantitative estimate of drug-likeness (QED) is 0.741. The monoisotopic (exact) mass is 217 g/mol. The topological polar surface area (TPSA) is 12.0 Å². The number of aryl methyl sites for hydroxylation is 1. The highest BCUT2D eigenvalue weighted by atomic mass is 14.9. The minimum atomic E-state index is 0.891. The predicted octanol–water partition coefficient (Wildman–Crippen LogP) is 4.38. The average molecular weight is 217 g/mol. The summed E-state index contributed by atoms with van der Waals surface area (Å²) in [6, 6.07) is 8.58. The summed E-state index contributed by atoms with van der Waals surface area (Å²) in [6.07, 6.45) is 8.58. The fourth-order valence-electron chi connectivity index (χ4n) is 2.59. The summed E-state index contributed by atoms with van der Waals surface area (Å²) >= 11 is 0. The molecule has 0 spiro atoms. The highest BCUT2D eigenvalue weighted by molar-refractivity contribution is 5.50. The third-order valence-electron chi connectivity index (χ3n) is 3.70. The fourth-order valence-corrected chi connectivity index (χ4v) is 2.59. The Balaban J connectivity index is 1.84. The zero-order valence-electron chi connectivity index (χ0n) is 10.3. The molecule has 1 aliphatic carbocycles. The lowest BCUT2D eigenvalue weighted by molar-refractivity contribution is 0.483. The summed E-state index contributed by atoms with van der Waals surface area (Å²) in [7, 11) is 0. The minimum Gasteiger partial charge on any atom is -0.385 e. The highest BCUT2D eigenvalue weighted by Crippen LogP contribution is 2.23. The first-order valence-electron chi connectivity index (χ1n) is 6.66. The van der Waals surface area contributed by atoms with Crippen LogP contribution in [0.2, 0.25) is 0 Å². The van der Waals surface area contributed by atoms with E-state index in [1.165, 1.54) is 49.8 Å². The van der Waals surface area contributed by atoms with Crippen LogP contribution in [0.4, 0.5) is 5.69 Å². The lowest BCUT2D eigenvalue weighted by Gasteiger charge is -2.16. The van der Waals surface area contributed by atoms with Crippen molar-refractivity contribution in [2.24, 2.45) is 5.92 Å². The molecule has 0 heterocycles. The molecule has 1 aliphatic rings. The van der Waals surface area contributed by atoms with Crippen LogP contribution in [0.15, 0.2) is 24.3 Å². The van der Waals surface area contributed by atoms with Gasteiger partial charge in [0.15, 0.2) is 0 Å². The molecule has 0 radical (unpaired) electrons. The first-order chi connectivity index (χ1) is 7.86. The van der Waals surface area contributed by atoms with E-state index in [1.807, 2.05) is 0 Å². The largest absolute Gasteiger partial charge is 0.385 e. The van der Waals surface area contributed by atoms with Crippen molar-refractivity contribution in [1.29, 1.82) is 0 Å². The second-order valence-corrected chi connectivity index (χ2v) is 5.05. The third-order valence-corrected chi connectivity index (χ3v) is 3.70. The normalized spacial score (nSPS) is 18.1. The summed E-state index contributed by atoms with van der Waals surface area (Å²) in [4.78, 5) is 0. The standard InChI is InChI=1S/C15H23N/c1-13-8-6-7-11-15(13)16-12-14-9-4-2-3-5-10-14/h6-8,11,14,16H,2-5,9-10,12H2,1H3. The summed E-state index contributed by atoms with van der Waals surface area (Å²) in [5, 5.41) is 3.61. The summed E-state index contributed by atoms with van der Waals surface area (Å²) in [5.74, 6) is 0.891. The summed E-state index contributed by atoms with van der Waals surface area (Å²) in [5.41, 5.74) is 2.67. The molecule has 1 aromatic rings. The van der Waals surface area contributed by atoms with Crippen molar-refractivity contribution in [1.82, 2.24) is 0 Å². The number of rotatable bonds is 3. The molecule has 16 heavy (non-hydrogen) atoms. The van der Waals surface area contributed by atoms with Gasteiger partial charge in [-0.3, -0.25) is 0 Å². The van der Waals surface area contributed by atoms with Crippen LogP contribution >= 0.6 is 0 Å². The molecule has 0 bridgehead atoms. The van der Waals surface area contributed by atoms with Crippen molar-refractivity contribution in [2.75, 3.05) is 11.9 Å². The number of benzene rings is 1. The molecular formula is C15H23N. The van der Waals surface area contributed by atoms with Crippen molar-refractivity contribution in [3.8, 4) is 0 Å². The van der Waals surface area contributed by atoms with Crippen LogP contribution in [-0.4, -0.2) is 6.54 Å². The third kappa shape index (κ3) is 3.26. The van der Waals surface area contributed by atoms with Gasteiger partial charge >= 0.3 is 0 Å². The molecule has 1 heteroatoms. The average Bonchev–Trinajstić information content (AvgIpc) is 2.56. The molecule has 1 fully saturated rings. The van der Waals surface area contributed by atoms with E-state index in [9.17, 15) is 0 Å². The molecule has 1 nitrogen and oxygen atoms in total. The van der Waals surface area contributed by atoms with Crippen molar-refractivity contribution < 1.29 is 0 Å². The van der Waals surface area contributed by atoms with E-state index in [0.29, 0.717) is 0 Å². The van der Waals surface area contributed by atoms with Crippen LogP contribution < -0.4 is 5.32 Å². The molecule has 2 rings (SSSR count). The molecular weight excluding hydrogens is 194 g/mol. The van der Waals surface area contributed by atoms with E-state index in [0.717, 1.165) is 12.5 Å². The van der Waals surface area contributed by atoms with Gasteiger partial charge in [-0.15, -0.1) is 0 Å². The maximum Gasteiger partial charge on any atom is 0.0369 e. The first kappa shape index (κ1) is 11.5. The Labute approximate surface area is 99.3 Å². The molecule has 0 saturated heterocycles. The van der Waals surface area contributed by atoms with Gasteiger partial charge in [-0.05, 0) is 37.3 Å². The van der Waals surface area contributed by atoms with Crippen LogP contribution in [0.25, 0.3) is 0 Å². The maximum atomic E-state index is 3.61. The van der Waals surface area contributed by atoms with Crippen LogP contribution in [0.1, 0.15) is 44.1 Å². The Bertz CT molecular complexity index is 311. The Morgan fingerprint density at radius 3 is 2.44 bits per heavy atom. The number of para-hydroxylation sites is 1. The zero-order chi connectivity index (χ0) is 11.2. The Hall–Kier alpha value is -0.980. The van der Waals surface area contributed by atoms with Gasteiger partial charge in [-0.25, -0.2) is 0 Å². The van der Waals surface area contributed by atoms with Gasteiger partial charge in [0.25, 0.3) is 0 Å². The molecule has 0 amide bonds. The second kappa shape index (κ2) is 5.93. The molecule has 0 atom stereocenters. The molecule has 0 unspecified atom stereocenters. The smallest absolute Gasteiger partial charge is 0.0369 e. The molecule has 0 aliphatic heterocycles. The van der Waals surface area contributed by atoms with E-state index in [2.05, 4.69) is 36.5 Å². The number of hydrogen-bond acceptors (Lipinski definition) is 1. The van der Waals surface area contributed by atoms with Crippen LogP contribution in [0.5, 0.6) is 0 Å². The lowest BCUT2D eigenvalue weighted by atomic mass is 10.0. The maximum absolute atomic E-state index is 3.61. The van der Waals surface area contributed by atoms with Gasteiger partial charge in [0.1, 0.15) is 0 Å². The summed E-state index contributed by atoms with van der Waals surface area (Å²) in [6.45, 7) is 3.33. The summed E-state index contributed by atoms with van der Waals surface area (Å²) < 4.78 is 0. The van der Waals surface area contributed by atoms with Crippen LogP contribution in [-0.2, 0) is 0 Å². The van der Waals surface area contributed by atoms with Gasteiger partial charge in [-0.1, -0.05) is 43.9 Å². The molecule has 0 aromatic heterocycles. The number of nitrogens with one attached hydrogen (secondary N) is 1. The minimum absolute atomic E-state index is 0.891. The predicted molar refractivity (Wildman–Crippen MR) is 70.9 cm³/mol. The first-order valence-corrected chi connectivity index (χ1v) is 6.66. The second-order valence-electron chi connectivity index (χ2n) is 5.05. The molecule has 88 valence electrons. The molecule has 1 N–H and O–H groups in total. The Morgan fingerprint density at radius 2 is 1.75 bits per heavy atom. The van der Waals surface area contributed by atoms with Gasteiger partial charge < -0.3 is 5.32 Å². The van der Waals surface area contributed by atoms with Gasteiger partial charge in [0.2, 0.25) is 0 Å². The van der Waals surface area contributed by atoms with Crippen molar-refractivity contribution in [3.05, 3.63) is 29.8 Å². The van der Waals surface area contributed by atoms with E-state index in [4.69, 9.17) is 0 Å². The fraction of sp³-hybridized carbons (Fsp3) is 0.600. The SMILES string of the molecule is Cc1ccccc1NCC1CCCCCC1. The van der Waals surface area contributed by atoms with E-state index in [-0.39, 0.29) is 0 Å². The van der Waals surface area contributed by atoms with Crippen molar-refractivity contribution in [3.63, 3.8) is 0 Å². The highest BCUT2D eigenvalue weighted by Gasteiger charge is 2.11. The van der Waals surface area contributed by atoms with Crippen molar-refractivity contribution in [2.45, 2.75) is 45.4 Å². The van der Waals surface area contributed by atoms with E-state index in [1.54, 1.807) is 0 Å². The van der Waals surface area contributed by atoms with Crippen molar-refractivity contribution >= 4 is 5.69 Å². The van der Waals surface area contributed by atoms with Crippen LogP contribution in [0, 0.1) is 12.8 Å². The van der Waals surface area contributed by atoms with E-state index < -0.39 is 0 Å². The zero-order valence-corrected chi connectivity index (χ0v) is 10.3.